The quantitative estimate of drug-likeness (QED) is 0.510. The number of hydrazone groups is 1. The number of rotatable bonds is 3. The molecule has 0 radical (unpaired) electrons. The molecule has 2 rings (SSSR count). The summed E-state index contributed by atoms with van der Waals surface area (Å²) in [7, 11) is 0. The molecule has 0 aliphatic carbocycles. The van der Waals surface area contributed by atoms with Crippen LogP contribution in [0.1, 0.15) is 28.4 Å². The maximum atomic E-state index is 11.9. The maximum absolute atomic E-state index is 11.9. The van der Waals surface area contributed by atoms with Gasteiger partial charge in [-0.1, -0.05) is 29.8 Å². The molecule has 0 spiro atoms. The Balaban J connectivity index is 2.06. The molecule has 3 N–H and O–H groups in total. The van der Waals surface area contributed by atoms with Crippen LogP contribution in [0.15, 0.2) is 53.6 Å². The van der Waals surface area contributed by atoms with Crippen LogP contribution < -0.4 is 11.2 Å². The van der Waals surface area contributed by atoms with Gasteiger partial charge in [-0.25, -0.2) is 5.43 Å². The van der Waals surface area contributed by atoms with Gasteiger partial charge in [-0.15, -0.1) is 0 Å². The van der Waals surface area contributed by atoms with Crippen LogP contribution in [0.2, 0.25) is 0 Å². The number of nitrogens with zero attached hydrogens (tertiary/aromatic N) is 1. The number of carbonyl (C=O) groups excluding carboxylic acids is 1. The zero-order chi connectivity index (χ0) is 14.5. The predicted octanol–water partition coefficient (Wildman–Crippen LogP) is 2.73. The molecule has 4 nitrogen and oxygen atoms in total. The zero-order valence-electron chi connectivity index (χ0n) is 11.6. The van der Waals surface area contributed by atoms with Crippen LogP contribution in [-0.2, 0) is 0 Å². The van der Waals surface area contributed by atoms with E-state index in [2.05, 4.69) is 10.5 Å². The molecule has 0 aliphatic heterocycles. The molecule has 0 heterocycles. The molecule has 0 bridgehead atoms. The van der Waals surface area contributed by atoms with E-state index >= 15 is 0 Å². The van der Waals surface area contributed by atoms with E-state index in [9.17, 15) is 4.79 Å². The fourth-order valence-corrected chi connectivity index (χ4v) is 1.69. The van der Waals surface area contributed by atoms with E-state index in [0.29, 0.717) is 11.3 Å². The van der Waals surface area contributed by atoms with Gasteiger partial charge in [0.15, 0.2) is 0 Å². The van der Waals surface area contributed by atoms with E-state index in [-0.39, 0.29) is 5.91 Å². The van der Waals surface area contributed by atoms with E-state index in [4.69, 9.17) is 5.73 Å². The Labute approximate surface area is 118 Å². The number of nitrogen functional groups attached to an aromatic ring is 1. The zero-order valence-corrected chi connectivity index (χ0v) is 11.6. The number of nitrogens with one attached hydrogen (secondary N) is 1. The molecule has 1 amide bonds. The monoisotopic (exact) mass is 267 g/mol. The topological polar surface area (TPSA) is 67.5 Å². The molecular weight excluding hydrogens is 250 g/mol. The van der Waals surface area contributed by atoms with Gasteiger partial charge in [-0.2, -0.15) is 5.10 Å². The average Bonchev–Trinajstić information content (AvgIpc) is 2.46. The molecule has 0 unspecified atom stereocenters. The summed E-state index contributed by atoms with van der Waals surface area (Å²) in [5.41, 5.74) is 12.2. The Kier molecular flexibility index (Phi) is 4.15. The summed E-state index contributed by atoms with van der Waals surface area (Å²) in [5, 5.41) is 4.10. The van der Waals surface area contributed by atoms with Crippen molar-refractivity contribution in [1.82, 2.24) is 5.43 Å². The number of hydrogen-bond acceptors (Lipinski definition) is 3. The number of benzene rings is 2. The number of carbonyl (C=O) groups is 1. The van der Waals surface area contributed by atoms with Crippen molar-refractivity contribution in [3.05, 3.63) is 65.2 Å². The van der Waals surface area contributed by atoms with Crippen molar-refractivity contribution in [2.75, 3.05) is 5.73 Å². The fourth-order valence-electron chi connectivity index (χ4n) is 1.69. The largest absolute Gasteiger partial charge is 0.399 e. The standard InChI is InChI=1S/C16H17N3O/c1-11-3-5-14(6-4-11)16(20)19-18-12(2)13-7-9-15(17)10-8-13/h3-10H,17H2,1-2H3,(H,19,20)/b18-12-. The minimum atomic E-state index is -0.222. The van der Waals surface area contributed by atoms with E-state index in [1.807, 2.05) is 38.1 Å². The first kappa shape index (κ1) is 13.8. The van der Waals surface area contributed by atoms with E-state index in [0.717, 1.165) is 16.8 Å². The summed E-state index contributed by atoms with van der Waals surface area (Å²) < 4.78 is 0. The summed E-state index contributed by atoms with van der Waals surface area (Å²) >= 11 is 0. The highest BCUT2D eigenvalue weighted by Gasteiger charge is 2.04. The Bertz CT molecular complexity index is 628. The van der Waals surface area contributed by atoms with Crippen LogP contribution in [0.25, 0.3) is 0 Å². The molecule has 102 valence electrons. The molecule has 4 heteroatoms. The van der Waals surface area contributed by atoms with Gasteiger partial charge in [-0.05, 0) is 43.7 Å². The number of anilines is 1. The van der Waals surface area contributed by atoms with Gasteiger partial charge in [0.25, 0.3) is 5.91 Å². The summed E-state index contributed by atoms with van der Waals surface area (Å²) in [5.74, 6) is -0.222. The highest BCUT2D eigenvalue weighted by Crippen LogP contribution is 2.07. The fraction of sp³-hybridized carbons (Fsp3) is 0.125. The lowest BCUT2D eigenvalue weighted by Gasteiger charge is -2.04. The van der Waals surface area contributed by atoms with Crippen molar-refractivity contribution in [2.45, 2.75) is 13.8 Å². The molecule has 0 aliphatic rings. The minimum Gasteiger partial charge on any atom is -0.399 e. The first-order valence-corrected chi connectivity index (χ1v) is 6.33. The van der Waals surface area contributed by atoms with Crippen molar-refractivity contribution in [2.24, 2.45) is 5.10 Å². The SMILES string of the molecule is C/C(=N/NC(=O)c1ccc(C)cc1)c1ccc(N)cc1. The number of aryl methyl sites for hydroxylation is 1. The van der Waals surface area contributed by atoms with E-state index in [1.165, 1.54) is 0 Å². The highest BCUT2D eigenvalue weighted by atomic mass is 16.2. The van der Waals surface area contributed by atoms with Gasteiger partial charge in [0.1, 0.15) is 0 Å². The van der Waals surface area contributed by atoms with Crippen LogP contribution in [-0.4, -0.2) is 11.6 Å². The van der Waals surface area contributed by atoms with Crippen molar-refractivity contribution in [3.8, 4) is 0 Å². The van der Waals surface area contributed by atoms with Crippen molar-refractivity contribution in [3.63, 3.8) is 0 Å². The lowest BCUT2D eigenvalue weighted by molar-refractivity contribution is 0.0955. The molecule has 0 atom stereocenters. The Morgan fingerprint density at radius 3 is 2.15 bits per heavy atom. The Morgan fingerprint density at radius 2 is 1.55 bits per heavy atom. The second-order valence-electron chi connectivity index (χ2n) is 4.63. The van der Waals surface area contributed by atoms with Crippen LogP contribution in [0.3, 0.4) is 0 Å². The molecule has 0 fully saturated rings. The van der Waals surface area contributed by atoms with E-state index in [1.54, 1.807) is 24.3 Å². The normalized spacial score (nSPS) is 11.2. The first-order valence-electron chi connectivity index (χ1n) is 6.33. The van der Waals surface area contributed by atoms with Crippen LogP contribution in [0.5, 0.6) is 0 Å². The Hall–Kier alpha value is -2.62. The molecule has 2 aromatic carbocycles. The molecule has 0 saturated carbocycles. The highest BCUT2D eigenvalue weighted by molar-refractivity contribution is 6.01. The van der Waals surface area contributed by atoms with Crippen LogP contribution in [0, 0.1) is 6.92 Å². The average molecular weight is 267 g/mol. The van der Waals surface area contributed by atoms with Gasteiger partial charge in [0, 0.05) is 11.3 Å². The van der Waals surface area contributed by atoms with Gasteiger partial charge < -0.3 is 5.73 Å². The van der Waals surface area contributed by atoms with Crippen LogP contribution in [0.4, 0.5) is 5.69 Å². The second-order valence-corrected chi connectivity index (χ2v) is 4.63. The second kappa shape index (κ2) is 6.02. The molecular formula is C16H17N3O. The lowest BCUT2D eigenvalue weighted by atomic mass is 10.1. The molecule has 0 saturated heterocycles. The van der Waals surface area contributed by atoms with E-state index < -0.39 is 0 Å². The van der Waals surface area contributed by atoms with Crippen molar-refractivity contribution >= 4 is 17.3 Å². The molecule has 0 aromatic heterocycles. The summed E-state index contributed by atoms with van der Waals surface area (Å²) in [6.45, 7) is 3.81. The third kappa shape index (κ3) is 3.45. The third-order valence-corrected chi connectivity index (χ3v) is 2.97. The summed E-state index contributed by atoms with van der Waals surface area (Å²) in [6.07, 6.45) is 0. The Morgan fingerprint density at radius 1 is 1.00 bits per heavy atom. The van der Waals surface area contributed by atoms with Gasteiger partial charge in [0.2, 0.25) is 0 Å². The number of nitrogens with two attached hydrogens (primary N) is 1. The van der Waals surface area contributed by atoms with Crippen LogP contribution >= 0.6 is 0 Å². The summed E-state index contributed by atoms with van der Waals surface area (Å²) in [4.78, 5) is 11.9. The summed E-state index contributed by atoms with van der Waals surface area (Å²) in [6, 6.07) is 14.7. The first-order chi connectivity index (χ1) is 9.56. The number of hydrogen-bond donors (Lipinski definition) is 2. The van der Waals surface area contributed by atoms with Crippen molar-refractivity contribution < 1.29 is 4.79 Å². The number of amides is 1. The third-order valence-electron chi connectivity index (χ3n) is 2.97. The smallest absolute Gasteiger partial charge is 0.271 e. The molecule has 2 aromatic rings. The molecule has 20 heavy (non-hydrogen) atoms. The van der Waals surface area contributed by atoms with Crippen molar-refractivity contribution in [1.29, 1.82) is 0 Å². The van der Waals surface area contributed by atoms with Gasteiger partial charge in [0.05, 0.1) is 5.71 Å². The van der Waals surface area contributed by atoms with Gasteiger partial charge >= 0.3 is 0 Å². The maximum Gasteiger partial charge on any atom is 0.271 e. The minimum absolute atomic E-state index is 0.222. The lowest BCUT2D eigenvalue weighted by Crippen LogP contribution is -2.19. The predicted molar refractivity (Wildman–Crippen MR) is 81.7 cm³/mol. The van der Waals surface area contributed by atoms with Gasteiger partial charge in [-0.3, -0.25) is 4.79 Å².